The van der Waals surface area contributed by atoms with Gasteiger partial charge in [0.1, 0.15) is 0 Å². The number of carbonyl (C=O) groups excluding carboxylic acids is 1. The molecule has 7 heteroatoms. The lowest BCUT2D eigenvalue weighted by molar-refractivity contribution is -0.387. The highest BCUT2D eigenvalue weighted by Gasteiger charge is 2.24. The summed E-state index contributed by atoms with van der Waals surface area (Å²) in [4.78, 5) is 23.9. The topological polar surface area (TPSA) is 72.7 Å². The number of carbonyl (C=O) groups is 1. The number of hydrogen-bond acceptors (Lipinski definition) is 4. The lowest BCUT2D eigenvalue weighted by Gasteiger charge is -2.23. The summed E-state index contributed by atoms with van der Waals surface area (Å²) < 4.78 is 18.6. The maximum atomic E-state index is 13.3. The van der Waals surface area contributed by atoms with E-state index >= 15 is 0 Å². The molecular formula is C14H17FN2O4. The van der Waals surface area contributed by atoms with E-state index in [1.165, 1.54) is 6.07 Å². The molecule has 1 aliphatic rings. The van der Waals surface area contributed by atoms with Crippen LogP contribution in [0.4, 0.5) is 10.1 Å². The van der Waals surface area contributed by atoms with E-state index < -0.39 is 16.4 Å². The highest BCUT2D eigenvalue weighted by molar-refractivity contribution is 5.94. The molecule has 114 valence electrons. The van der Waals surface area contributed by atoms with E-state index in [-0.39, 0.29) is 17.4 Å². The van der Waals surface area contributed by atoms with Crippen molar-refractivity contribution in [2.45, 2.75) is 13.3 Å². The fourth-order valence-corrected chi connectivity index (χ4v) is 2.36. The Bertz CT molecular complexity index is 544. The number of nitrogens with zero attached hydrogens (tertiary/aromatic N) is 2. The fraction of sp³-hybridized carbons (Fsp3) is 0.500. The first-order chi connectivity index (χ1) is 10.0. The molecule has 1 fully saturated rings. The molecule has 6 nitrogen and oxygen atoms in total. The van der Waals surface area contributed by atoms with Gasteiger partial charge in [0.05, 0.1) is 11.5 Å². The third-order valence-corrected chi connectivity index (χ3v) is 3.56. The first kappa shape index (κ1) is 15.4. The second-order valence-electron chi connectivity index (χ2n) is 5.00. The normalized spacial score (nSPS) is 17.7. The highest BCUT2D eigenvalue weighted by Crippen LogP contribution is 2.21. The molecule has 0 saturated carbocycles. The van der Waals surface area contributed by atoms with Gasteiger partial charge in [0, 0.05) is 37.2 Å². The van der Waals surface area contributed by atoms with Crippen molar-refractivity contribution < 1.29 is 18.8 Å². The minimum absolute atomic E-state index is 0.129. The second-order valence-corrected chi connectivity index (χ2v) is 5.00. The summed E-state index contributed by atoms with van der Waals surface area (Å²) in [7, 11) is 0. The fourth-order valence-electron chi connectivity index (χ4n) is 2.36. The van der Waals surface area contributed by atoms with Crippen LogP contribution in [0, 0.1) is 21.8 Å². The molecule has 0 aromatic heterocycles. The molecule has 21 heavy (non-hydrogen) atoms. The maximum Gasteiger partial charge on any atom is 0.305 e. The molecule has 0 N–H and O–H groups in total. The molecule has 1 atom stereocenters. The predicted octanol–water partition coefficient (Wildman–Crippen LogP) is 2.23. The van der Waals surface area contributed by atoms with Crippen molar-refractivity contribution in [2.24, 2.45) is 5.92 Å². The monoisotopic (exact) mass is 296 g/mol. The summed E-state index contributed by atoms with van der Waals surface area (Å²) in [6, 6.07) is 3.22. The number of benzene rings is 1. The second kappa shape index (κ2) is 6.62. The number of nitro benzene ring substituents is 1. The molecule has 2 rings (SSSR count). The molecule has 1 aromatic rings. The van der Waals surface area contributed by atoms with Gasteiger partial charge in [-0.3, -0.25) is 14.9 Å². The molecule has 0 spiro atoms. The molecule has 0 aliphatic carbocycles. The summed E-state index contributed by atoms with van der Waals surface area (Å²) in [5.41, 5.74) is -0.551. The van der Waals surface area contributed by atoms with Crippen LogP contribution in [0.5, 0.6) is 0 Å². The molecule has 0 radical (unpaired) electrons. The third-order valence-electron chi connectivity index (χ3n) is 3.56. The van der Waals surface area contributed by atoms with Gasteiger partial charge in [0.25, 0.3) is 5.91 Å². The summed E-state index contributed by atoms with van der Waals surface area (Å²) in [5, 5.41) is 10.7. The van der Waals surface area contributed by atoms with Crippen molar-refractivity contribution in [3.8, 4) is 0 Å². The quantitative estimate of drug-likeness (QED) is 0.617. The van der Waals surface area contributed by atoms with Crippen molar-refractivity contribution >= 4 is 11.6 Å². The lowest BCUT2D eigenvalue weighted by atomic mass is 10.1. The molecule has 1 heterocycles. The van der Waals surface area contributed by atoms with E-state index in [4.69, 9.17) is 4.74 Å². The average molecular weight is 296 g/mol. The Labute approximate surface area is 121 Å². The van der Waals surface area contributed by atoms with Crippen LogP contribution in [0.2, 0.25) is 0 Å². The molecule has 1 saturated heterocycles. The predicted molar refractivity (Wildman–Crippen MR) is 73.6 cm³/mol. The van der Waals surface area contributed by atoms with Crippen LogP contribution < -0.4 is 0 Å². The van der Waals surface area contributed by atoms with Crippen LogP contribution in [0.3, 0.4) is 0 Å². The molecule has 1 aromatic carbocycles. The number of hydrogen-bond donors (Lipinski definition) is 0. The van der Waals surface area contributed by atoms with E-state index in [0.717, 1.165) is 18.6 Å². The Hall–Kier alpha value is -2.02. The molecular weight excluding hydrogens is 279 g/mol. The number of nitro groups is 1. The van der Waals surface area contributed by atoms with Gasteiger partial charge in [-0.2, -0.15) is 4.39 Å². The smallest absolute Gasteiger partial charge is 0.305 e. The van der Waals surface area contributed by atoms with Gasteiger partial charge in [-0.05, 0) is 25.5 Å². The van der Waals surface area contributed by atoms with E-state index in [2.05, 4.69) is 0 Å². The Morgan fingerprint density at radius 2 is 2.33 bits per heavy atom. The van der Waals surface area contributed by atoms with Crippen LogP contribution in [0.15, 0.2) is 18.2 Å². The zero-order valence-corrected chi connectivity index (χ0v) is 11.8. The number of amides is 1. The summed E-state index contributed by atoms with van der Waals surface area (Å²) in [6.07, 6.45) is 0.896. The highest BCUT2D eigenvalue weighted by atomic mass is 19.1. The molecule has 1 amide bonds. The van der Waals surface area contributed by atoms with Crippen molar-refractivity contribution in [1.29, 1.82) is 0 Å². The minimum atomic E-state index is -0.941. The van der Waals surface area contributed by atoms with E-state index in [1.807, 2.05) is 6.92 Å². The molecule has 1 unspecified atom stereocenters. The van der Waals surface area contributed by atoms with Crippen LogP contribution >= 0.6 is 0 Å². The summed E-state index contributed by atoms with van der Waals surface area (Å²) in [5.74, 6) is -0.986. The van der Waals surface area contributed by atoms with E-state index in [0.29, 0.717) is 26.3 Å². The molecule has 0 bridgehead atoms. The zero-order valence-electron chi connectivity index (χ0n) is 11.8. The lowest BCUT2D eigenvalue weighted by Crippen LogP contribution is -2.35. The van der Waals surface area contributed by atoms with E-state index in [9.17, 15) is 19.3 Å². The van der Waals surface area contributed by atoms with Crippen LogP contribution in [0.1, 0.15) is 23.7 Å². The first-order valence-corrected chi connectivity index (χ1v) is 6.84. The number of halogens is 1. The Morgan fingerprint density at radius 3 is 2.90 bits per heavy atom. The largest absolute Gasteiger partial charge is 0.381 e. The third kappa shape index (κ3) is 3.55. The van der Waals surface area contributed by atoms with Crippen molar-refractivity contribution in [3.05, 3.63) is 39.7 Å². The van der Waals surface area contributed by atoms with Crippen LogP contribution in [-0.4, -0.2) is 42.0 Å². The summed E-state index contributed by atoms with van der Waals surface area (Å²) in [6.45, 7) is 4.18. The van der Waals surface area contributed by atoms with Crippen molar-refractivity contribution in [3.63, 3.8) is 0 Å². The van der Waals surface area contributed by atoms with Gasteiger partial charge in [0.2, 0.25) is 5.82 Å². The van der Waals surface area contributed by atoms with Gasteiger partial charge < -0.3 is 9.64 Å². The number of rotatable bonds is 5. The van der Waals surface area contributed by atoms with Gasteiger partial charge in [0.15, 0.2) is 0 Å². The average Bonchev–Trinajstić information content (AvgIpc) is 2.97. The van der Waals surface area contributed by atoms with Gasteiger partial charge >= 0.3 is 5.69 Å². The van der Waals surface area contributed by atoms with Gasteiger partial charge in [-0.25, -0.2) is 0 Å². The van der Waals surface area contributed by atoms with Crippen molar-refractivity contribution in [1.82, 2.24) is 4.90 Å². The summed E-state index contributed by atoms with van der Waals surface area (Å²) >= 11 is 0. The SMILES string of the molecule is CCN(CC1CCOC1)C(=O)c1ccc(F)c([N+](=O)[O-])c1. The van der Waals surface area contributed by atoms with Gasteiger partial charge in [-0.1, -0.05) is 0 Å². The Balaban J connectivity index is 2.16. The van der Waals surface area contributed by atoms with E-state index in [1.54, 1.807) is 4.90 Å². The minimum Gasteiger partial charge on any atom is -0.381 e. The van der Waals surface area contributed by atoms with Crippen LogP contribution in [0.25, 0.3) is 0 Å². The standard InChI is InChI=1S/C14H17FN2O4/c1-2-16(8-10-5-6-21-9-10)14(18)11-3-4-12(15)13(7-11)17(19)20/h3-4,7,10H,2,5-6,8-9H2,1H3. The zero-order chi connectivity index (χ0) is 15.4. The first-order valence-electron chi connectivity index (χ1n) is 6.84. The van der Waals surface area contributed by atoms with Crippen LogP contribution in [-0.2, 0) is 4.74 Å². The van der Waals surface area contributed by atoms with Crippen molar-refractivity contribution in [2.75, 3.05) is 26.3 Å². The molecule has 1 aliphatic heterocycles. The van der Waals surface area contributed by atoms with Gasteiger partial charge in [-0.15, -0.1) is 0 Å². The maximum absolute atomic E-state index is 13.3. The Morgan fingerprint density at radius 1 is 1.57 bits per heavy atom. The number of ether oxygens (including phenoxy) is 1. The Kier molecular flexibility index (Phi) is 4.85.